The van der Waals surface area contributed by atoms with Crippen LogP contribution in [-0.4, -0.2) is 38.5 Å². The van der Waals surface area contributed by atoms with E-state index in [-0.39, 0.29) is 11.2 Å². The quantitative estimate of drug-likeness (QED) is 0.767. The summed E-state index contributed by atoms with van der Waals surface area (Å²) in [4.78, 5) is 20.8. The van der Waals surface area contributed by atoms with E-state index in [0.717, 1.165) is 22.6 Å². The summed E-state index contributed by atoms with van der Waals surface area (Å²) < 4.78 is 6.85. The lowest BCUT2D eigenvalue weighted by Crippen LogP contribution is -2.16. The Kier molecular flexibility index (Phi) is 4.34. The van der Waals surface area contributed by atoms with Crippen LogP contribution in [0.15, 0.2) is 42.7 Å². The number of amides is 1. The van der Waals surface area contributed by atoms with Gasteiger partial charge in [-0.05, 0) is 30.7 Å². The summed E-state index contributed by atoms with van der Waals surface area (Å²) in [5, 5.41) is 7.53. The first-order valence-corrected chi connectivity index (χ1v) is 9.14. The molecule has 8 heteroatoms. The van der Waals surface area contributed by atoms with Crippen molar-refractivity contribution in [1.82, 2.24) is 19.7 Å². The molecule has 1 N–H and O–H groups in total. The SMILES string of the molecule is COc1ccc([C@H]2SCC(=O)Nc3c2c(C)nn3-c2ncccn2)cc1. The minimum absolute atomic E-state index is 0.0210. The van der Waals surface area contributed by atoms with Crippen molar-refractivity contribution in [2.45, 2.75) is 12.2 Å². The molecule has 1 atom stereocenters. The molecule has 3 aromatic rings. The molecule has 0 fully saturated rings. The number of anilines is 1. The van der Waals surface area contributed by atoms with Crippen molar-refractivity contribution in [3.05, 3.63) is 59.5 Å². The Hall–Kier alpha value is -2.87. The van der Waals surface area contributed by atoms with E-state index in [1.165, 1.54) is 0 Å². The van der Waals surface area contributed by atoms with Crippen LogP contribution >= 0.6 is 11.8 Å². The molecule has 0 saturated carbocycles. The van der Waals surface area contributed by atoms with E-state index in [2.05, 4.69) is 20.4 Å². The number of methoxy groups -OCH3 is 1. The molecule has 0 radical (unpaired) electrons. The highest BCUT2D eigenvalue weighted by Gasteiger charge is 2.31. The van der Waals surface area contributed by atoms with Crippen molar-refractivity contribution >= 4 is 23.5 Å². The van der Waals surface area contributed by atoms with Crippen molar-refractivity contribution in [2.24, 2.45) is 0 Å². The highest BCUT2D eigenvalue weighted by Crippen LogP contribution is 2.43. The van der Waals surface area contributed by atoms with E-state index in [9.17, 15) is 4.79 Å². The monoisotopic (exact) mass is 367 g/mol. The third kappa shape index (κ3) is 2.92. The van der Waals surface area contributed by atoms with Gasteiger partial charge in [-0.15, -0.1) is 11.8 Å². The molecular weight excluding hydrogens is 350 g/mol. The number of nitrogens with zero attached hydrogens (tertiary/aromatic N) is 4. The summed E-state index contributed by atoms with van der Waals surface area (Å²) in [5.41, 5.74) is 2.90. The molecule has 1 aromatic carbocycles. The number of thioether (sulfide) groups is 1. The minimum atomic E-state index is -0.0654. The number of rotatable bonds is 3. The van der Waals surface area contributed by atoms with Crippen LogP contribution in [0.1, 0.15) is 22.1 Å². The van der Waals surface area contributed by atoms with E-state index in [4.69, 9.17) is 4.74 Å². The summed E-state index contributed by atoms with van der Waals surface area (Å²) in [5.74, 6) is 2.15. The van der Waals surface area contributed by atoms with Gasteiger partial charge in [0.05, 0.1) is 23.8 Å². The second-order valence-corrected chi connectivity index (χ2v) is 6.91. The zero-order valence-electron chi connectivity index (χ0n) is 14.3. The molecule has 0 saturated heterocycles. The van der Waals surface area contributed by atoms with Crippen LogP contribution in [0.25, 0.3) is 5.95 Å². The average Bonchev–Trinajstić information content (AvgIpc) is 2.88. The summed E-state index contributed by atoms with van der Waals surface area (Å²) in [6, 6.07) is 9.64. The Labute approximate surface area is 154 Å². The summed E-state index contributed by atoms with van der Waals surface area (Å²) >= 11 is 1.58. The third-order valence-corrected chi connectivity index (χ3v) is 5.44. The molecule has 3 heterocycles. The topological polar surface area (TPSA) is 81.9 Å². The number of hydrogen-bond donors (Lipinski definition) is 1. The molecular formula is C18H17N5O2S. The number of aryl methyl sites for hydroxylation is 1. The predicted octanol–water partition coefficient (Wildman–Crippen LogP) is 2.75. The normalized spacial score (nSPS) is 16.5. The van der Waals surface area contributed by atoms with Gasteiger partial charge in [0.15, 0.2) is 0 Å². The Morgan fingerprint density at radius 1 is 1.23 bits per heavy atom. The first kappa shape index (κ1) is 16.6. The van der Waals surface area contributed by atoms with Crippen molar-refractivity contribution in [3.63, 3.8) is 0 Å². The van der Waals surface area contributed by atoms with Crippen molar-refractivity contribution in [3.8, 4) is 11.7 Å². The van der Waals surface area contributed by atoms with E-state index >= 15 is 0 Å². The van der Waals surface area contributed by atoms with E-state index in [1.54, 1.807) is 42.0 Å². The molecule has 1 aliphatic heterocycles. The number of ether oxygens (including phenoxy) is 1. The largest absolute Gasteiger partial charge is 0.497 e. The molecule has 0 spiro atoms. The van der Waals surface area contributed by atoms with E-state index in [0.29, 0.717) is 17.5 Å². The molecule has 132 valence electrons. The number of fused-ring (bicyclic) bond motifs is 1. The molecule has 4 rings (SSSR count). The van der Waals surface area contributed by atoms with Gasteiger partial charge in [-0.25, -0.2) is 9.97 Å². The Morgan fingerprint density at radius 3 is 2.65 bits per heavy atom. The number of carbonyl (C=O) groups excluding carboxylic acids is 1. The van der Waals surface area contributed by atoms with Gasteiger partial charge < -0.3 is 10.1 Å². The number of hydrogen-bond acceptors (Lipinski definition) is 6. The zero-order chi connectivity index (χ0) is 18.1. The van der Waals surface area contributed by atoms with Crippen LogP contribution in [0.3, 0.4) is 0 Å². The summed E-state index contributed by atoms with van der Waals surface area (Å²) in [6.45, 7) is 1.94. The zero-order valence-corrected chi connectivity index (χ0v) is 15.2. The molecule has 0 bridgehead atoms. The third-order valence-electron chi connectivity index (χ3n) is 4.17. The smallest absolute Gasteiger partial charge is 0.252 e. The lowest BCUT2D eigenvalue weighted by Gasteiger charge is -2.15. The molecule has 0 unspecified atom stereocenters. The molecule has 2 aromatic heterocycles. The maximum atomic E-state index is 12.3. The fourth-order valence-corrected chi connectivity index (χ4v) is 4.16. The van der Waals surface area contributed by atoms with E-state index < -0.39 is 0 Å². The lowest BCUT2D eigenvalue weighted by atomic mass is 10.0. The summed E-state index contributed by atoms with van der Waals surface area (Å²) in [7, 11) is 1.64. The van der Waals surface area contributed by atoms with Crippen molar-refractivity contribution < 1.29 is 9.53 Å². The Bertz CT molecular complexity index is 940. The van der Waals surface area contributed by atoms with Gasteiger partial charge in [0.1, 0.15) is 11.6 Å². The number of carbonyl (C=O) groups is 1. The van der Waals surface area contributed by atoms with Crippen LogP contribution in [-0.2, 0) is 4.79 Å². The standard InChI is InChI=1S/C18H17N5O2S/c1-11-15-16(12-4-6-13(25-2)7-5-12)26-10-14(24)21-17(15)23(22-11)18-19-8-3-9-20-18/h3-9,16H,10H2,1-2H3,(H,21,24)/t16-/m1/s1. The molecule has 7 nitrogen and oxygen atoms in total. The van der Waals surface area contributed by atoms with Crippen LogP contribution < -0.4 is 10.1 Å². The molecule has 26 heavy (non-hydrogen) atoms. The average molecular weight is 367 g/mol. The summed E-state index contributed by atoms with van der Waals surface area (Å²) in [6.07, 6.45) is 3.31. The van der Waals surface area contributed by atoms with Gasteiger partial charge in [-0.2, -0.15) is 9.78 Å². The highest BCUT2D eigenvalue weighted by atomic mass is 32.2. The number of nitrogens with one attached hydrogen (secondary N) is 1. The second kappa shape index (κ2) is 6.80. The van der Waals surface area contributed by atoms with Gasteiger partial charge in [0, 0.05) is 18.0 Å². The van der Waals surface area contributed by atoms with Gasteiger partial charge in [-0.3, -0.25) is 4.79 Å². The fraction of sp³-hybridized carbons (Fsp3) is 0.222. The maximum absolute atomic E-state index is 12.3. The molecule has 0 aliphatic carbocycles. The highest BCUT2D eigenvalue weighted by molar-refractivity contribution is 8.00. The van der Waals surface area contributed by atoms with Crippen LogP contribution in [0.2, 0.25) is 0 Å². The number of benzene rings is 1. The van der Waals surface area contributed by atoms with Crippen LogP contribution in [0.4, 0.5) is 5.82 Å². The lowest BCUT2D eigenvalue weighted by molar-refractivity contribution is -0.113. The van der Waals surface area contributed by atoms with E-state index in [1.807, 2.05) is 31.2 Å². The van der Waals surface area contributed by atoms with Crippen molar-refractivity contribution in [2.75, 3.05) is 18.2 Å². The maximum Gasteiger partial charge on any atom is 0.252 e. The van der Waals surface area contributed by atoms with Crippen LogP contribution in [0.5, 0.6) is 5.75 Å². The minimum Gasteiger partial charge on any atom is -0.497 e. The van der Waals surface area contributed by atoms with Gasteiger partial charge in [0.25, 0.3) is 5.95 Å². The number of aromatic nitrogens is 4. The van der Waals surface area contributed by atoms with Crippen LogP contribution in [0, 0.1) is 6.92 Å². The molecule has 1 amide bonds. The second-order valence-electron chi connectivity index (χ2n) is 5.82. The van der Waals surface area contributed by atoms with Gasteiger partial charge in [-0.1, -0.05) is 12.1 Å². The van der Waals surface area contributed by atoms with Gasteiger partial charge in [0.2, 0.25) is 5.91 Å². The molecule has 1 aliphatic rings. The fourth-order valence-electron chi connectivity index (χ4n) is 2.97. The predicted molar refractivity (Wildman–Crippen MR) is 99.8 cm³/mol. The Balaban J connectivity index is 1.85. The Morgan fingerprint density at radius 2 is 1.96 bits per heavy atom. The first-order chi connectivity index (χ1) is 12.7. The van der Waals surface area contributed by atoms with Crippen molar-refractivity contribution in [1.29, 1.82) is 0 Å². The first-order valence-electron chi connectivity index (χ1n) is 8.09. The van der Waals surface area contributed by atoms with Gasteiger partial charge >= 0.3 is 0 Å².